The summed E-state index contributed by atoms with van der Waals surface area (Å²) in [5.74, 6) is 1.42. The van der Waals surface area contributed by atoms with Crippen molar-refractivity contribution in [3.05, 3.63) is 60.2 Å². The van der Waals surface area contributed by atoms with E-state index in [1.54, 1.807) is 19.2 Å². The molecule has 0 unspecified atom stereocenters. The van der Waals surface area contributed by atoms with E-state index in [1.165, 1.54) is 0 Å². The number of benzene rings is 2. The Morgan fingerprint density at radius 3 is 2.26 bits per heavy atom. The van der Waals surface area contributed by atoms with Crippen molar-refractivity contribution in [1.82, 2.24) is 4.90 Å². The quantitative estimate of drug-likeness (QED) is 0.748. The summed E-state index contributed by atoms with van der Waals surface area (Å²) in [5.41, 5.74) is 1.12. The molecule has 0 fully saturated rings. The molecule has 2 rings (SSSR count). The molecule has 0 bridgehead atoms. The minimum atomic E-state index is -0.00785. The van der Waals surface area contributed by atoms with E-state index in [0.29, 0.717) is 12.3 Å². The number of methoxy groups -OCH3 is 1. The van der Waals surface area contributed by atoms with Gasteiger partial charge < -0.3 is 14.4 Å². The van der Waals surface area contributed by atoms with E-state index in [1.807, 2.05) is 47.4 Å². The molecule has 23 heavy (non-hydrogen) atoms. The smallest absolute Gasteiger partial charge is 0.260 e. The summed E-state index contributed by atoms with van der Waals surface area (Å²) >= 11 is 0. The Morgan fingerprint density at radius 1 is 1.00 bits per heavy atom. The van der Waals surface area contributed by atoms with Gasteiger partial charge in [-0.1, -0.05) is 37.3 Å². The first kappa shape index (κ1) is 16.9. The largest absolute Gasteiger partial charge is 0.497 e. The van der Waals surface area contributed by atoms with E-state index >= 15 is 0 Å². The SMILES string of the molecule is CCCN(Cc1ccccc1)C(=O)COc1ccc(OC)cc1. The molecule has 0 atom stereocenters. The molecule has 0 aliphatic carbocycles. The summed E-state index contributed by atoms with van der Waals surface area (Å²) < 4.78 is 10.7. The number of nitrogens with zero attached hydrogens (tertiary/aromatic N) is 1. The Bertz CT molecular complexity index is 596. The van der Waals surface area contributed by atoms with Gasteiger partial charge >= 0.3 is 0 Å². The molecule has 0 aromatic heterocycles. The Balaban J connectivity index is 1.92. The average Bonchev–Trinajstić information content (AvgIpc) is 2.60. The summed E-state index contributed by atoms with van der Waals surface area (Å²) in [6.07, 6.45) is 0.918. The van der Waals surface area contributed by atoms with Crippen molar-refractivity contribution in [2.45, 2.75) is 19.9 Å². The fraction of sp³-hybridized carbons (Fsp3) is 0.316. The third kappa shape index (κ3) is 5.33. The minimum Gasteiger partial charge on any atom is -0.497 e. The summed E-state index contributed by atoms with van der Waals surface area (Å²) in [6, 6.07) is 17.2. The van der Waals surface area contributed by atoms with Gasteiger partial charge in [0.15, 0.2) is 6.61 Å². The summed E-state index contributed by atoms with van der Waals surface area (Å²) in [5, 5.41) is 0. The Morgan fingerprint density at radius 2 is 1.65 bits per heavy atom. The minimum absolute atomic E-state index is 0.00785. The molecule has 122 valence electrons. The monoisotopic (exact) mass is 313 g/mol. The van der Waals surface area contributed by atoms with Crippen LogP contribution in [0.25, 0.3) is 0 Å². The van der Waals surface area contributed by atoms with Crippen LogP contribution in [0.2, 0.25) is 0 Å². The zero-order valence-corrected chi connectivity index (χ0v) is 13.7. The van der Waals surface area contributed by atoms with Crippen LogP contribution in [0.15, 0.2) is 54.6 Å². The van der Waals surface area contributed by atoms with Gasteiger partial charge in [0.05, 0.1) is 7.11 Å². The van der Waals surface area contributed by atoms with Gasteiger partial charge in [0.25, 0.3) is 5.91 Å². The van der Waals surface area contributed by atoms with Crippen LogP contribution in [-0.4, -0.2) is 31.1 Å². The third-order valence-corrected chi connectivity index (χ3v) is 3.48. The number of rotatable bonds is 8. The molecule has 0 saturated heterocycles. The number of carbonyl (C=O) groups excluding carboxylic acids is 1. The fourth-order valence-corrected chi connectivity index (χ4v) is 2.27. The van der Waals surface area contributed by atoms with Crippen LogP contribution in [0.1, 0.15) is 18.9 Å². The lowest BCUT2D eigenvalue weighted by molar-refractivity contribution is -0.134. The Hall–Kier alpha value is -2.49. The van der Waals surface area contributed by atoms with Crippen molar-refractivity contribution >= 4 is 5.91 Å². The molecule has 1 amide bonds. The molecule has 0 aliphatic heterocycles. The van der Waals surface area contributed by atoms with Crippen LogP contribution in [0.5, 0.6) is 11.5 Å². The highest BCUT2D eigenvalue weighted by Crippen LogP contribution is 2.17. The predicted molar refractivity (Wildman–Crippen MR) is 90.6 cm³/mol. The number of ether oxygens (including phenoxy) is 2. The first-order valence-corrected chi connectivity index (χ1v) is 7.81. The second kappa shape index (κ2) is 8.83. The van der Waals surface area contributed by atoms with E-state index < -0.39 is 0 Å². The van der Waals surface area contributed by atoms with Gasteiger partial charge in [-0.3, -0.25) is 4.79 Å². The van der Waals surface area contributed by atoms with Crippen molar-refractivity contribution in [3.63, 3.8) is 0 Å². The van der Waals surface area contributed by atoms with Gasteiger partial charge in [-0.15, -0.1) is 0 Å². The number of hydrogen-bond acceptors (Lipinski definition) is 3. The molecular weight excluding hydrogens is 290 g/mol. The number of hydrogen-bond donors (Lipinski definition) is 0. The topological polar surface area (TPSA) is 38.8 Å². The zero-order valence-electron chi connectivity index (χ0n) is 13.7. The molecule has 0 saturated carbocycles. The number of amides is 1. The lowest BCUT2D eigenvalue weighted by atomic mass is 10.2. The highest BCUT2D eigenvalue weighted by Gasteiger charge is 2.14. The molecule has 0 N–H and O–H groups in total. The van der Waals surface area contributed by atoms with Crippen LogP contribution < -0.4 is 9.47 Å². The highest BCUT2D eigenvalue weighted by molar-refractivity contribution is 5.77. The Labute approximate surface area is 137 Å². The molecule has 2 aromatic rings. The maximum atomic E-state index is 12.4. The summed E-state index contributed by atoms with van der Waals surface area (Å²) in [7, 11) is 1.62. The third-order valence-electron chi connectivity index (χ3n) is 3.48. The standard InChI is InChI=1S/C19H23NO3/c1-3-13-20(14-16-7-5-4-6-8-16)19(21)15-23-18-11-9-17(22-2)10-12-18/h4-12H,3,13-15H2,1-2H3. The fourth-order valence-electron chi connectivity index (χ4n) is 2.27. The summed E-state index contributed by atoms with van der Waals surface area (Å²) in [4.78, 5) is 14.2. The van der Waals surface area contributed by atoms with Crippen molar-refractivity contribution in [2.24, 2.45) is 0 Å². The van der Waals surface area contributed by atoms with E-state index in [4.69, 9.17) is 9.47 Å². The predicted octanol–water partition coefficient (Wildman–Crippen LogP) is 3.51. The molecule has 4 nitrogen and oxygen atoms in total. The second-order valence-electron chi connectivity index (χ2n) is 5.27. The van der Waals surface area contributed by atoms with Gasteiger partial charge in [0, 0.05) is 13.1 Å². The van der Waals surface area contributed by atoms with Gasteiger partial charge in [-0.25, -0.2) is 0 Å². The van der Waals surface area contributed by atoms with Gasteiger partial charge in [0.2, 0.25) is 0 Å². The first-order valence-electron chi connectivity index (χ1n) is 7.81. The van der Waals surface area contributed by atoms with Crippen molar-refractivity contribution in [1.29, 1.82) is 0 Å². The Kier molecular flexibility index (Phi) is 6.48. The van der Waals surface area contributed by atoms with Crippen LogP contribution in [0.3, 0.4) is 0 Å². The van der Waals surface area contributed by atoms with E-state index in [2.05, 4.69) is 6.92 Å². The van der Waals surface area contributed by atoms with Crippen LogP contribution in [0.4, 0.5) is 0 Å². The summed E-state index contributed by atoms with van der Waals surface area (Å²) in [6.45, 7) is 3.44. The van der Waals surface area contributed by atoms with Gasteiger partial charge in [-0.05, 0) is 36.2 Å². The van der Waals surface area contributed by atoms with Crippen molar-refractivity contribution in [3.8, 4) is 11.5 Å². The van der Waals surface area contributed by atoms with E-state index in [-0.39, 0.29) is 12.5 Å². The molecule has 0 aliphatic rings. The maximum Gasteiger partial charge on any atom is 0.260 e. The lowest BCUT2D eigenvalue weighted by Crippen LogP contribution is -2.35. The number of carbonyl (C=O) groups is 1. The lowest BCUT2D eigenvalue weighted by Gasteiger charge is -2.22. The van der Waals surface area contributed by atoms with E-state index in [0.717, 1.165) is 24.3 Å². The van der Waals surface area contributed by atoms with Crippen LogP contribution >= 0.6 is 0 Å². The molecule has 0 spiro atoms. The van der Waals surface area contributed by atoms with Crippen molar-refractivity contribution in [2.75, 3.05) is 20.3 Å². The first-order chi connectivity index (χ1) is 11.2. The van der Waals surface area contributed by atoms with E-state index in [9.17, 15) is 4.79 Å². The zero-order chi connectivity index (χ0) is 16.5. The highest BCUT2D eigenvalue weighted by atomic mass is 16.5. The van der Waals surface area contributed by atoms with Gasteiger partial charge in [-0.2, -0.15) is 0 Å². The normalized spacial score (nSPS) is 10.2. The average molecular weight is 313 g/mol. The molecular formula is C19H23NO3. The maximum absolute atomic E-state index is 12.4. The second-order valence-corrected chi connectivity index (χ2v) is 5.27. The molecule has 4 heteroatoms. The van der Waals surface area contributed by atoms with Crippen molar-refractivity contribution < 1.29 is 14.3 Å². The molecule has 0 heterocycles. The van der Waals surface area contributed by atoms with Crippen LogP contribution in [-0.2, 0) is 11.3 Å². The van der Waals surface area contributed by atoms with Gasteiger partial charge in [0.1, 0.15) is 11.5 Å². The van der Waals surface area contributed by atoms with Crippen LogP contribution in [0, 0.1) is 0 Å². The molecule has 0 radical (unpaired) electrons. The molecule has 2 aromatic carbocycles.